The van der Waals surface area contributed by atoms with Crippen LogP contribution in [0.4, 0.5) is 10.1 Å². The van der Waals surface area contributed by atoms with E-state index in [1.807, 2.05) is 4.57 Å². The molecular weight excluding hydrogens is 469 g/mol. The Balaban J connectivity index is 1.63. The number of nitrogens with zero attached hydrogens (tertiary/aromatic N) is 3. The molecule has 0 aliphatic carbocycles. The lowest BCUT2D eigenvalue weighted by atomic mass is 10.1. The molecule has 0 bridgehead atoms. The summed E-state index contributed by atoms with van der Waals surface area (Å²) in [5.41, 5.74) is 0.784. The van der Waals surface area contributed by atoms with Crippen LogP contribution >= 0.6 is 0 Å². The number of anilines is 1. The molecule has 1 aliphatic heterocycles. The number of carbonyl (C=O) groups excluding carboxylic acids is 1. The third-order valence-corrected chi connectivity index (χ3v) is 7.53. The number of benzene rings is 2. The smallest absolute Gasteiger partial charge is 0.255 e. The van der Waals surface area contributed by atoms with Gasteiger partial charge in [0.25, 0.3) is 5.91 Å². The van der Waals surface area contributed by atoms with Crippen molar-refractivity contribution in [3.8, 4) is 11.4 Å². The Morgan fingerprint density at radius 3 is 2.57 bits per heavy atom. The first-order valence-electron chi connectivity index (χ1n) is 11.6. The van der Waals surface area contributed by atoms with E-state index in [0.717, 1.165) is 38.1 Å². The maximum Gasteiger partial charge on any atom is 0.255 e. The normalized spacial score (nSPS) is 14.3. The van der Waals surface area contributed by atoms with Crippen molar-refractivity contribution in [1.82, 2.24) is 19.5 Å². The number of aryl methyl sites for hydroxylation is 2. The van der Waals surface area contributed by atoms with Gasteiger partial charge in [-0.1, -0.05) is 12.5 Å². The van der Waals surface area contributed by atoms with E-state index >= 15 is 0 Å². The van der Waals surface area contributed by atoms with Crippen LogP contribution in [-0.2, 0) is 23.0 Å². The van der Waals surface area contributed by atoms with Crippen LogP contribution in [0.2, 0.25) is 0 Å². The number of hydrogen-bond acceptors (Lipinski definition) is 5. The third-order valence-electron chi connectivity index (χ3n) is 5.78. The minimum atomic E-state index is -3.81. The number of amides is 1. The van der Waals surface area contributed by atoms with Gasteiger partial charge in [0.15, 0.2) is 5.82 Å². The molecule has 0 unspecified atom stereocenters. The van der Waals surface area contributed by atoms with Gasteiger partial charge in [-0.3, -0.25) is 4.79 Å². The van der Waals surface area contributed by atoms with E-state index in [9.17, 15) is 17.6 Å². The highest BCUT2D eigenvalue weighted by Crippen LogP contribution is 2.28. The van der Waals surface area contributed by atoms with Gasteiger partial charge in [-0.05, 0) is 76.4 Å². The Morgan fingerprint density at radius 2 is 1.83 bits per heavy atom. The van der Waals surface area contributed by atoms with Gasteiger partial charge in [-0.15, -0.1) is 10.2 Å². The molecule has 4 rings (SSSR count). The van der Waals surface area contributed by atoms with E-state index in [2.05, 4.69) is 20.2 Å². The number of nitrogens with one attached hydrogen (secondary N) is 2. The number of hydrogen-bond donors (Lipinski definition) is 2. The highest BCUT2D eigenvalue weighted by atomic mass is 32.2. The molecule has 186 valence electrons. The van der Waals surface area contributed by atoms with Crippen LogP contribution in [0, 0.1) is 12.7 Å². The van der Waals surface area contributed by atoms with Gasteiger partial charge >= 0.3 is 0 Å². The lowest BCUT2D eigenvalue weighted by Gasteiger charge is -2.20. The van der Waals surface area contributed by atoms with Crippen molar-refractivity contribution in [2.75, 3.05) is 5.32 Å². The van der Waals surface area contributed by atoms with Crippen LogP contribution in [0.25, 0.3) is 11.4 Å². The zero-order chi connectivity index (χ0) is 25.4. The van der Waals surface area contributed by atoms with Gasteiger partial charge in [-0.25, -0.2) is 17.5 Å². The molecule has 0 saturated carbocycles. The first-order valence-corrected chi connectivity index (χ1v) is 13.1. The summed E-state index contributed by atoms with van der Waals surface area (Å²) in [6.07, 6.45) is 3.88. The van der Waals surface area contributed by atoms with Gasteiger partial charge in [0.2, 0.25) is 10.0 Å². The molecule has 1 amide bonds. The number of fused-ring (bicyclic) bond motifs is 1. The fourth-order valence-corrected chi connectivity index (χ4v) is 5.58. The third kappa shape index (κ3) is 5.59. The van der Waals surface area contributed by atoms with Crippen LogP contribution < -0.4 is 10.0 Å². The van der Waals surface area contributed by atoms with Crippen LogP contribution in [0.3, 0.4) is 0 Å². The number of sulfonamides is 1. The van der Waals surface area contributed by atoms with E-state index in [0.29, 0.717) is 17.1 Å². The van der Waals surface area contributed by atoms with Crippen molar-refractivity contribution in [3.63, 3.8) is 0 Å². The highest BCUT2D eigenvalue weighted by Gasteiger charge is 2.24. The number of aromatic nitrogens is 3. The standard InChI is InChI=1S/C25H30FN5O3S/c1-16-9-11-18(35(33,34)30-25(2,3)4)15-19(16)24(32)27-17-10-12-21(26)20(14-17)23-29-28-22-8-6-5-7-13-31(22)23/h9-12,14-15,30H,5-8,13H2,1-4H3,(H,27,32). The topological polar surface area (TPSA) is 106 Å². The van der Waals surface area contributed by atoms with Gasteiger partial charge in [0, 0.05) is 29.8 Å². The van der Waals surface area contributed by atoms with E-state index in [4.69, 9.17) is 0 Å². The monoisotopic (exact) mass is 499 g/mol. The fraction of sp³-hybridized carbons (Fsp3) is 0.400. The number of halogens is 1. The summed E-state index contributed by atoms with van der Waals surface area (Å²) < 4.78 is 44.8. The van der Waals surface area contributed by atoms with E-state index < -0.39 is 27.3 Å². The minimum absolute atomic E-state index is 0.00544. The van der Waals surface area contributed by atoms with Gasteiger partial charge in [0.05, 0.1) is 10.5 Å². The molecule has 0 fully saturated rings. The first kappa shape index (κ1) is 25.0. The number of rotatable bonds is 5. The molecule has 35 heavy (non-hydrogen) atoms. The highest BCUT2D eigenvalue weighted by molar-refractivity contribution is 7.89. The molecule has 1 aromatic heterocycles. The van der Waals surface area contributed by atoms with Crippen molar-refractivity contribution in [2.24, 2.45) is 0 Å². The summed E-state index contributed by atoms with van der Waals surface area (Å²) >= 11 is 0. The van der Waals surface area contributed by atoms with Gasteiger partial charge < -0.3 is 9.88 Å². The Hall–Kier alpha value is -3.11. The molecular formula is C25H30FN5O3S. The average Bonchev–Trinajstić information content (AvgIpc) is 3.01. The first-order chi connectivity index (χ1) is 16.4. The SMILES string of the molecule is Cc1ccc(S(=O)(=O)NC(C)(C)C)cc1C(=O)Nc1ccc(F)c(-c2nnc3n2CCCCC3)c1. The molecule has 10 heteroatoms. The van der Waals surface area contributed by atoms with Gasteiger partial charge in [0.1, 0.15) is 11.6 Å². The largest absolute Gasteiger partial charge is 0.322 e. The van der Waals surface area contributed by atoms with Crippen molar-refractivity contribution in [3.05, 3.63) is 59.2 Å². The number of carbonyl (C=O) groups is 1. The Labute approximate surface area is 205 Å². The fourth-order valence-electron chi connectivity index (χ4n) is 4.13. The molecule has 2 heterocycles. The lowest BCUT2D eigenvalue weighted by molar-refractivity contribution is 0.102. The summed E-state index contributed by atoms with van der Waals surface area (Å²) in [6.45, 7) is 7.67. The summed E-state index contributed by atoms with van der Waals surface area (Å²) in [5.74, 6) is 0.324. The second-order valence-corrected chi connectivity index (χ2v) is 11.6. The van der Waals surface area contributed by atoms with E-state index in [-0.39, 0.29) is 16.0 Å². The summed E-state index contributed by atoms with van der Waals surface area (Å²) in [7, 11) is -3.81. The maximum atomic E-state index is 14.8. The summed E-state index contributed by atoms with van der Waals surface area (Å²) in [4.78, 5) is 13.1. The summed E-state index contributed by atoms with van der Waals surface area (Å²) in [6, 6.07) is 8.69. The van der Waals surface area contributed by atoms with E-state index in [1.165, 1.54) is 30.3 Å². The Morgan fingerprint density at radius 1 is 1.06 bits per heavy atom. The van der Waals surface area contributed by atoms with Crippen LogP contribution in [0.1, 0.15) is 61.8 Å². The Kier molecular flexibility index (Phi) is 6.79. The van der Waals surface area contributed by atoms with Crippen LogP contribution in [0.15, 0.2) is 41.3 Å². The van der Waals surface area contributed by atoms with Crippen molar-refractivity contribution in [2.45, 2.75) is 70.4 Å². The molecule has 2 N–H and O–H groups in total. The minimum Gasteiger partial charge on any atom is -0.322 e. The predicted molar refractivity (Wildman–Crippen MR) is 132 cm³/mol. The predicted octanol–water partition coefficient (Wildman–Crippen LogP) is 4.45. The molecule has 0 saturated heterocycles. The van der Waals surface area contributed by atoms with E-state index in [1.54, 1.807) is 33.8 Å². The maximum absolute atomic E-state index is 14.8. The van der Waals surface area contributed by atoms with Crippen molar-refractivity contribution >= 4 is 21.6 Å². The Bertz CT molecular complexity index is 1380. The van der Waals surface area contributed by atoms with Crippen LogP contribution in [-0.4, -0.2) is 34.6 Å². The van der Waals surface area contributed by atoms with Crippen molar-refractivity contribution < 1.29 is 17.6 Å². The second-order valence-electron chi connectivity index (χ2n) is 9.88. The lowest BCUT2D eigenvalue weighted by Crippen LogP contribution is -2.40. The molecule has 8 nitrogen and oxygen atoms in total. The molecule has 0 spiro atoms. The van der Waals surface area contributed by atoms with Crippen molar-refractivity contribution in [1.29, 1.82) is 0 Å². The second kappa shape index (κ2) is 9.50. The molecule has 3 aromatic rings. The van der Waals surface area contributed by atoms with Crippen LogP contribution in [0.5, 0.6) is 0 Å². The quantitative estimate of drug-likeness (QED) is 0.540. The van der Waals surface area contributed by atoms with Gasteiger partial charge in [-0.2, -0.15) is 0 Å². The average molecular weight is 500 g/mol. The molecule has 0 atom stereocenters. The zero-order valence-corrected chi connectivity index (χ0v) is 21.2. The molecule has 1 aliphatic rings. The summed E-state index contributed by atoms with van der Waals surface area (Å²) in [5, 5.41) is 11.2. The zero-order valence-electron chi connectivity index (χ0n) is 20.4. The molecule has 0 radical (unpaired) electrons. The molecule has 2 aromatic carbocycles.